The molecule has 1 aromatic carbocycles. The first-order chi connectivity index (χ1) is 8.52. The van der Waals surface area contributed by atoms with E-state index >= 15 is 0 Å². The smallest absolute Gasteiger partial charge is 0.146 e. The predicted molar refractivity (Wildman–Crippen MR) is 72.2 cm³/mol. The van der Waals surface area contributed by atoms with Crippen molar-refractivity contribution in [3.63, 3.8) is 0 Å². The molecule has 2 nitrogen and oxygen atoms in total. The van der Waals surface area contributed by atoms with Gasteiger partial charge in [0.05, 0.1) is 11.8 Å². The Morgan fingerprint density at radius 1 is 1.39 bits per heavy atom. The van der Waals surface area contributed by atoms with Crippen molar-refractivity contribution in [1.82, 2.24) is 0 Å². The van der Waals surface area contributed by atoms with Crippen molar-refractivity contribution in [2.45, 2.75) is 45.8 Å². The molecule has 2 unspecified atom stereocenters. The van der Waals surface area contributed by atoms with Crippen LogP contribution in [0.25, 0.3) is 0 Å². The van der Waals surface area contributed by atoms with E-state index in [1.165, 1.54) is 12.5 Å². The molecule has 0 bridgehead atoms. The van der Waals surface area contributed by atoms with Gasteiger partial charge in [-0.2, -0.15) is 0 Å². The molecule has 0 aliphatic carbocycles. The minimum atomic E-state index is -0.639. The van der Waals surface area contributed by atoms with Crippen LogP contribution in [0.5, 0.6) is 0 Å². The van der Waals surface area contributed by atoms with Gasteiger partial charge in [0.15, 0.2) is 0 Å². The molecule has 1 fully saturated rings. The largest absolute Gasteiger partial charge is 0.389 e. The van der Waals surface area contributed by atoms with Crippen molar-refractivity contribution >= 4 is 5.69 Å². The Kier molecular flexibility index (Phi) is 3.91. The third kappa shape index (κ3) is 2.37. The van der Waals surface area contributed by atoms with Gasteiger partial charge in [0.1, 0.15) is 5.82 Å². The van der Waals surface area contributed by atoms with Gasteiger partial charge in [-0.1, -0.05) is 19.1 Å². The minimum absolute atomic E-state index is 0.227. The van der Waals surface area contributed by atoms with Crippen LogP contribution in [0.15, 0.2) is 18.2 Å². The van der Waals surface area contributed by atoms with E-state index in [-0.39, 0.29) is 5.82 Å². The fourth-order valence-corrected chi connectivity index (χ4v) is 2.82. The molecule has 0 amide bonds. The third-order valence-corrected chi connectivity index (χ3v) is 4.13. The molecule has 0 saturated carbocycles. The standard InChI is InChI=1S/C15H22FNO/c1-10-6-5-9-17(11(10)2)15-13(12(3)18)7-4-8-14(15)16/h4,7-8,10-12,18H,5-6,9H2,1-3H3/t10?,11?,12-/m1/s1. The Labute approximate surface area is 108 Å². The van der Waals surface area contributed by atoms with Crippen LogP contribution in [0.2, 0.25) is 0 Å². The molecule has 1 N–H and O–H groups in total. The highest BCUT2D eigenvalue weighted by molar-refractivity contribution is 5.56. The molecule has 100 valence electrons. The number of aliphatic hydroxyl groups excluding tert-OH is 1. The highest BCUT2D eigenvalue weighted by Crippen LogP contribution is 2.35. The van der Waals surface area contributed by atoms with Crippen molar-refractivity contribution in [2.75, 3.05) is 11.4 Å². The van der Waals surface area contributed by atoms with Gasteiger partial charge in [0.2, 0.25) is 0 Å². The summed E-state index contributed by atoms with van der Waals surface area (Å²) >= 11 is 0. The summed E-state index contributed by atoms with van der Waals surface area (Å²) in [6, 6.07) is 5.27. The Balaban J connectivity index is 2.43. The molecule has 3 heteroatoms. The van der Waals surface area contributed by atoms with E-state index in [9.17, 15) is 9.50 Å². The Bertz CT molecular complexity index is 419. The number of nitrogens with zero attached hydrogens (tertiary/aromatic N) is 1. The van der Waals surface area contributed by atoms with E-state index < -0.39 is 6.10 Å². The van der Waals surface area contributed by atoms with Gasteiger partial charge in [0, 0.05) is 18.2 Å². The fourth-order valence-electron chi connectivity index (χ4n) is 2.82. The zero-order chi connectivity index (χ0) is 13.3. The van der Waals surface area contributed by atoms with Gasteiger partial charge in [-0.25, -0.2) is 4.39 Å². The molecule has 0 aromatic heterocycles. The molecule has 3 atom stereocenters. The second-order valence-corrected chi connectivity index (χ2v) is 5.41. The van der Waals surface area contributed by atoms with Crippen molar-refractivity contribution in [1.29, 1.82) is 0 Å². The van der Waals surface area contributed by atoms with Crippen LogP contribution < -0.4 is 4.90 Å². The van der Waals surface area contributed by atoms with Crippen molar-refractivity contribution < 1.29 is 9.50 Å². The van der Waals surface area contributed by atoms with E-state index in [1.54, 1.807) is 13.0 Å². The van der Waals surface area contributed by atoms with Gasteiger partial charge in [-0.05, 0) is 38.7 Å². The van der Waals surface area contributed by atoms with Crippen LogP contribution in [0, 0.1) is 11.7 Å². The molecular formula is C15H22FNO. The van der Waals surface area contributed by atoms with Crippen LogP contribution in [0.3, 0.4) is 0 Å². The number of aliphatic hydroxyl groups is 1. The summed E-state index contributed by atoms with van der Waals surface area (Å²) in [5.41, 5.74) is 1.28. The highest BCUT2D eigenvalue weighted by Gasteiger charge is 2.28. The first-order valence-electron chi connectivity index (χ1n) is 6.75. The number of hydrogen-bond donors (Lipinski definition) is 1. The Morgan fingerprint density at radius 2 is 2.11 bits per heavy atom. The molecule has 0 radical (unpaired) electrons. The number of anilines is 1. The summed E-state index contributed by atoms with van der Waals surface area (Å²) < 4.78 is 14.1. The van der Waals surface area contributed by atoms with E-state index in [0.29, 0.717) is 23.2 Å². The summed E-state index contributed by atoms with van der Waals surface area (Å²) in [5.74, 6) is 0.328. The average molecular weight is 251 g/mol. The Morgan fingerprint density at radius 3 is 2.78 bits per heavy atom. The van der Waals surface area contributed by atoms with Gasteiger partial charge >= 0.3 is 0 Å². The normalized spacial score (nSPS) is 26.2. The van der Waals surface area contributed by atoms with Gasteiger partial charge in [-0.15, -0.1) is 0 Å². The molecule has 2 rings (SSSR count). The predicted octanol–water partition coefficient (Wildman–Crippen LogP) is 3.50. The number of halogens is 1. The first-order valence-corrected chi connectivity index (χ1v) is 6.75. The molecule has 1 aromatic rings. The maximum absolute atomic E-state index is 14.1. The molecule has 0 spiro atoms. The SMILES string of the molecule is CC1CCCN(c2c(F)cccc2[C@@H](C)O)C1C. The van der Waals surface area contributed by atoms with Crippen LogP contribution in [-0.2, 0) is 0 Å². The first kappa shape index (κ1) is 13.3. The van der Waals surface area contributed by atoms with Gasteiger partial charge in [0.25, 0.3) is 0 Å². The summed E-state index contributed by atoms with van der Waals surface area (Å²) in [6.07, 6.45) is 1.63. The zero-order valence-electron chi connectivity index (χ0n) is 11.4. The molecule has 1 heterocycles. The summed E-state index contributed by atoms with van der Waals surface area (Å²) in [6.45, 7) is 6.91. The van der Waals surface area contributed by atoms with E-state index in [1.807, 2.05) is 6.07 Å². The lowest BCUT2D eigenvalue weighted by Crippen LogP contribution is -2.43. The second-order valence-electron chi connectivity index (χ2n) is 5.41. The Hall–Kier alpha value is -1.09. The second kappa shape index (κ2) is 5.27. The average Bonchev–Trinajstić information content (AvgIpc) is 2.33. The summed E-state index contributed by atoms with van der Waals surface area (Å²) in [7, 11) is 0. The van der Waals surface area contributed by atoms with Crippen LogP contribution in [0.1, 0.15) is 45.3 Å². The van der Waals surface area contributed by atoms with E-state index in [2.05, 4.69) is 18.7 Å². The lowest BCUT2D eigenvalue weighted by Gasteiger charge is -2.41. The number of para-hydroxylation sites is 1. The van der Waals surface area contributed by atoms with Gasteiger partial charge < -0.3 is 10.0 Å². The lowest BCUT2D eigenvalue weighted by molar-refractivity contribution is 0.198. The molecule has 18 heavy (non-hydrogen) atoms. The van der Waals surface area contributed by atoms with Gasteiger partial charge in [-0.3, -0.25) is 0 Å². The summed E-state index contributed by atoms with van der Waals surface area (Å²) in [5, 5.41) is 9.82. The number of hydrogen-bond acceptors (Lipinski definition) is 2. The fraction of sp³-hybridized carbons (Fsp3) is 0.600. The van der Waals surface area contributed by atoms with Crippen molar-refractivity contribution in [2.24, 2.45) is 5.92 Å². The van der Waals surface area contributed by atoms with E-state index in [0.717, 1.165) is 13.0 Å². The van der Waals surface area contributed by atoms with Crippen molar-refractivity contribution in [3.8, 4) is 0 Å². The number of benzene rings is 1. The number of rotatable bonds is 2. The van der Waals surface area contributed by atoms with Crippen LogP contribution in [-0.4, -0.2) is 17.7 Å². The lowest BCUT2D eigenvalue weighted by atomic mass is 9.90. The molecular weight excluding hydrogens is 229 g/mol. The zero-order valence-corrected chi connectivity index (χ0v) is 11.4. The maximum atomic E-state index is 14.1. The third-order valence-electron chi connectivity index (χ3n) is 4.13. The van der Waals surface area contributed by atoms with Crippen molar-refractivity contribution in [3.05, 3.63) is 29.6 Å². The highest BCUT2D eigenvalue weighted by atomic mass is 19.1. The maximum Gasteiger partial charge on any atom is 0.146 e. The summed E-state index contributed by atoms with van der Waals surface area (Å²) in [4.78, 5) is 2.12. The topological polar surface area (TPSA) is 23.5 Å². The number of piperidine rings is 1. The monoisotopic (exact) mass is 251 g/mol. The molecule has 1 aliphatic heterocycles. The van der Waals surface area contributed by atoms with Crippen LogP contribution in [0.4, 0.5) is 10.1 Å². The molecule has 1 saturated heterocycles. The minimum Gasteiger partial charge on any atom is -0.389 e. The van der Waals surface area contributed by atoms with Crippen LogP contribution >= 0.6 is 0 Å². The van der Waals surface area contributed by atoms with E-state index in [4.69, 9.17) is 0 Å². The molecule has 1 aliphatic rings. The quantitative estimate of drug-likeness (QED) is 0.869.